The molecule has 8 unspecified atom stereocenters. The van der Waals surface area contributed by atoms with Crippen LogP contribution in [0.4, 0.5) is 105 Å². The quantitative estimate of drug-likeness (QED) is 0.198. The fourth-order valence-corrected chi connectivity index (χ4v) is 6.58. The number of allylic oxidation sites excluding steroid dienone is 16. The summed E-state index contributed by atoms with van der Waals surface area (Å²) < 4.78 is 365. The van der Waals surface area contributed by atoms with E-state index in [0.717, 1.165) is 0 Å². The number of hydrogen-bond donors (Lipinski definition) is 0. The van der Waals surface area contributed by atoms with Crippen LogP contribution in [0.1, 0.15) is 0 Å². The zero-order valence-electron chi connectivity index (χ0n) is 22.0. The van der Waals surface area contributed by atoms with Gasteiger partial charge < -0.3 is 0 Å². The molecule has 8 atom stereocenters. The molecule has 0 aromatic heterocycles. The van der Waals surface area contributed by atoms with Gasteiger partial charge in [0, 0.05) is 0 Å². The summed E-state index contributed by atoms with van der Waals surface area (Å²) in [6.07, 6.45) is -34.5. The summed E-state index contributed by atoms with van der Waals surface area (Å²) in [6, 6.07) is 0. The van der Waals surface area contributed by atoms with Crippen LogP contribution in [-0.2, 0) is 0 Å². The van der Waals surface area contributed by atoms with Crippen LogP contribution in [0.5, 0.6) is 0 Å². The first-order valence-electron chi connectivity index (χ1n) is 12.1. The monoisotopic (exact) mass is 759 g/mol. The molecule has 272 valence electrons. The van der Waals surface area contributed by atoms with Crippen LogP contribution in [0, 0.1) is 0 Å². The normalized spacial score (nSPS) is 39.7. The van der Waals surface area contributed by atoms with Gasteiger partial charge in [0.1, 0.15) is 23.3 Å². The van der Waals surface area contributed by atoms with Crippen LogP contribution in [0.25, 0.3) is 0 Å². The molecule has 0 spiro atoms. The van der Waals surface area contributed by atoms with Crippen molar-refractivity contribution in [3.8, 4) is 0 Å². The second kappa shape index (κ2) is 11.2. The van der Waals surface area contributed by atoms with E-state index in [1.165, 1.54) is 0 Å². The molecule has 0 aliphatic heterocycles. The van der Waals surface area contributed by atoms with E-state index in [4.69, 9.17) is 0 Å². The number of alkyl halides is 8. The molecule has 0 aromatic carbocycles. The van der Waals surface area contributed by atoms with Crippen molar-refractivity contribution >= 4 is 6.15 Å². The predicted molar refractivity (Wildman–Crippen MR) is 115 cm³/mol. The topological polar surface area (TPSA) is 0 Å². The van der Waals surface area contributed by atoms with Gasteiger partial charge in [0.05, 0.1) is 22.3 Å². The molecule has 4 aliphatic rings. The van der Waals surface area contributed by atoms with Crippen molar-refractivity contribution in [1.29, 1.82) is 0 Å². The van der Waals surface area contributed by atoms with Crippen molar-refractivity contribution < 1.29 is 105 Å². The molecule has 4 rings (SSSR count). The van der Waals surface area contributed by atoms with Crippen molar-refractivity contribution in [3.63, 3.8) is 0 Å². The first-order valence-corrected chi connectivity index (χ1v) is 12.1. The number of hydrogen-bond acceptors (Lipinski definition) is 0. The highest BCUT2D eigenvalue weighted by Crippen LogP contribution is 2.72. The Morgan fingerprint density at radius 2 is 0.429 bits per heavy atom. The molecular weight excluding hydrogens is 755 g/mol. The maximum atomic E-state index is 17.2. The van der Waals surface area contributed by atoms with Crippen LogP contribution in [0.15, 0.2) is 93.2 Å². The summed E-state index contributed by atoms with van der Waals surface area (Å²) in [4.78, 5) is 0. The third-order valence-corrected chi connectivity index (χ3v) is 8.61. The van der Waals surface area contributed by atoms with E-state index in [0.29, 0.717) is 0 Å². The Morgan fingerprint density at radius 3 is 0.571 bits per heavy atom. The van der Waals surface area contributed by atoms with Crippen molar-refractivity contribution in [2.75, 3.05) is 0 Å². The summed E-state index contributed by atoms with van der Waals surface area (Å²) in [7, 11) is 0. The van der Waals surface area contributed by atoms with Crippen molar-refractivity contribution in [2.24, 2.45) is 0 Å². The second-order valence-electron chi connectivity index (χ2n) is 10.5. The Bertz CT molecular complexity index is 1550. The van der Waals surface area contributed by atoms with Gasteiger partial charge in [-0.05, 0) is 0 Å². The fourth-order valence-electron chi connectivity index (χ4n) is 6.58. The lowest BCUT2D eigenvalue weighted by Crippen LogP contribution is -2.94. The molecule has 0 radical (unpaired) electrons. The Hall–Kier alpha value is -3.70. The van der Waals surface area contributed by atoms with Crippen LogP contribution >= 0.6 is 0 Å². The molecule has 0 amide bonds. The van der Waals surface area contributed by atoms with Crippen LogP contribution < -0.4 is 0 Å². The van der Waals surface area contributed by atoms with Gasteiger partial charge in [-0.25, -0.2) is 87.8 Å². The molecule has 0 aromatic rings. The molecule has 0 nitrogen and oxygen atoms in total. The zero-order chi connectivity index (χ0) is 38.0. The molecule has 0 fully saturated rings. The Balaban J connectivity index is 2.59. The summed E-state index contributed by atoms with van der Waals surface area (Å²) in [5.41, 5.74) is -31.5. The lowest BCUT2D eigenvalue weighted by molar-refractivity contribution is -0.00386. The van der Waals surface area contributed by atoms with Gasteiger partial charge in [-0.3, -0.25) is 17.6 Å². The summed E-state index contributed by atoms with van der Waals surface area (Å²) in [6.45, 7) is 0. The minimum absolute atomic E-state index is 3.86. The molecule has 25 heteroatoms. The van der Waals surface area contributed by atoms with E-state index in [1.807, 2.05) is 0 Å². The van der Waals surface area contributed by atoms with Gasteiger partial charge in [0.25, 0.3) is 0 Å². The maximum Gasteiger partial charge on any atom is 0.213 e. The van der Waals surface area contributed by atoms with E-state index in [1.54, 1.807) is 0 Å². The molecule has 4 aliphatic carbocycles. The molecule has 0 saturated heterocycles. The van der Waals surface area contributed by atoms with Gasteiger partial charge in [0.15, 0.2) is 94.6 Å². The highest BCUT2D eigenvalue weighted by molar-refractivity contribution is 6.93. The summed E-state index contributed by atoms with van der Waals surface area (Å²) >= 11 is 0. The average Bonchev–Trinajstić information content (AvgIpc) is 3.08. The van der Waals surface area contributed by atoms with Crippen molar-refractivity contribution in [3.05, 3.63) is 93.2 Å². The second-order valence-corrected chi connectivity index (χ2v) is 10.5. The van der Waals surface area contributed by atoms with Gasteiger partial charge in [-0.15, -0.1) is 0 Å². The molecule has 0 heterocycles. The standard InChI is InChI=1S/C24H4BF24/c26-1-5(30)13(38)21(46,14(39)6(1)31)25(22(47)15(40)7(32)2(27)8(33)16(22)41,23(48)17(42)9(34)3(28)10(35)18(23)43)24(49)19(44)11(36)4(29)12(37)20(24)45/h13,15,17,19H/q-1. The van der Waals surface area contributed by atoms with E-state index in [2.05, 4.69) is 0 Å². The minimum atomic E-state index is -9.76. The predicted octanol–water partition coefficient (Wildman–Crippen LogP) is 11.0. The summed E-state index contributed by atoms with van der Waals surface area (Å²) in [5, 5.41) is 0. The number of rotatable bonds is 4. The SMILES string of the molecule is FC1=C(F)C(F)C(F)([B-](C2(F)C(F)=C(F)C(F)=C(F)C2F)(C2(F)C(F)=C(F)C(F)=C(F)C2F)C2(F)C(F)=C(F)C(F)=C(F)C2F)C(F)=C1F. The van der Waals surface area contributed by atoms with Crippen molar-refractivity contribution in [1.82, 2.24) is 0 Å². The summed E-state index contributed by atoms with van der Waals surface area (Å²) in [5.74, 6) is -69.4. The highest BCUT2D eigenvalue weighted by Gasteiger charge is 2.92. The third-order valence-electron chi connectivity index (χ3n) is 8.61. The van der Waals surface area contributed by atoms with Gasteiger partial charge >= 0.3 is 0 Å². The molecule has 0 saturated carbocycles. The first kappa shape index (κ1) is 38.1. The Kier molecular flexibility index (Phi) is 8.68. The van der Waals surface area contributed by atoms with Crippen LogP contribution in [0.2, 0.25) is 0 Å². The van der Waals surface area contributed by atoms with Crippen LogP contribution in [0.3, 0.4) is 0 Å². The molecular formula is C24H4BF24-. The van der Waals surface area contributed by atoms with Gasteiger partial charge in [0.2, 0.25) is 6.15 Å². The van der Waals surface area contributed by atoms with Gasteiger partial charge in [-0.2, -0.15) is 0 Å². The Labute approximate surface area is 252 Å². The smallest absolute Gasteiger partial charge is 0.213 e. The first-order chi connectivity index (χ1) is 22.2. The average molecular weight is 759 g/mol. The minimum Gasteiger partial charge on any atom is -0.275 e. The third kappa shape index (κ3) is 3.81. The number of halogens is 24. The maximum absolute atomic E-state index is 17.2. The molecule has 49 heavy (non-hydrogen) atoms. The van der Waals surface area contributed by atoms with E-state index in [-0.39, 0.29) is 0 Å². The van der Waals surface area contributed by atoms with E-state index in [9.17, 15) is 52.7 Å². The molecule has 0 N–H and O–H groups in total. The van der Waals surface area contributed by atoms with Gasteiger partial charge in [-0.1, -0.05) is 0 Å². The molecule has 0 bridgehead atoms. The Morgan fingerprint density at radius 1 is 0.286 bits per heavy atom. The van der Waals surface area contributed by atoms with Crippen LogP contribution in [-0.4, -0.2) is 53.1 Å². The van der Waals surface area contributed by atoms with E-state index >= 15 is 52.7 Å². The zero-order valence-corrected chi connectivity index (χ0v) is 22.0. The lowest BCUT2D eigenvalue weighted by Gasteiger charge is -2.69. The largest absolute Gasteiger partial charge is 0.275 e. The van der Waals surface area contributed by atoms with Crippen molar-refractivity contribution in [2.45, 2.75) is 47.0 Å². The van der Waals surface area contributed by atoms with E-state index < -0.39 is 146 Å². The highest BCUT2D eigenvalue weighted by atomic mass is 19.2. The fraction of sp³-hybridized carbons (Fsp3) is 0.333. The lowest BCUT2D eigenvalue weighted by atomic mass is 8.98.